The molecule has 4 heterocycles. The zero-order valence-corrected chi connectivity index (χ0v) is 24.7. The molecule has 5 aromatic rings. The third kappa shape index (κ3) is 4.92. The Balaban J connectivity index is 1.28. The number of para-hydroxylation sites is 1. The maximum atomic E-state index is 14.0. The minimum atomic E-state index is -4.81. The van der Waals surface area contributed by atoms with Crippen LogP contribution in [0.2, 0.25) is 0 Å². The number of halogens is 3. The van der Waals surface area contributed by atoms with Gasteiger partial charge in [-0.1, -0.05) is 77.7 Å². The Morgan fingerprint density at radius 1 is 0.911 bits per heavy atom. The van der Waals surface area contributed by atoms with Gasteiger partial charge in [0.05, 0.1) is 22.2 Å². The van der Waals surface area contributed by atoms with Crippen molar-refractivity contribution in [2.75, 3.05) is 10.2 Å². The molecule has 2 aliphatic heterocycles. The fraction of sp³-hybridized carbons (Fsp3) is 0.156. The van der Waals surface area contributed by atoms with Crippen molar-refractivity contribution in [1.29, 1.82) is 0 Å². The first-order chi connectivity index (χ1) is 21.6. The van der Waals surface area contributed by atoms with Crippen LogP contribution in [0, 0.1) is 5.92 Å². The number of nitrogens with zero attached hydrogens (tertiary/aromatic N) is 3. The lowest BCUT2D eigenvalue weighted by molar-refractivity contribution is -0.137. The lowest BCUT2D eigenvalue weighted by Crippen LogP contribution is -2.33. The molecule has 2 aliphatic rings. The van der Waals surface area contributed by atoms with Gasteiger partial charge in [0.2, 0.25) is 17.7 Å². The molecule has 3 amide bonds. The number of rotatable bonds is 5. The molecule has 0 aliphatic carbocycles. The highest BCUT2D eigenvalue weighted by Crippen LogP contribution is 2.54. The second kappa shape index (κ2) is 11.0. The van der Waals surface area contributed by atoms with Crippen molar-refractivity contribution >= 4 is 63.0 Å². The van der Waals surface area contributed by atoms with Gasteiger partial charge in [-0.15, -0.1) is 0 Å². The van der Waals surface area contributed by atoms with Crippen molar-refractivity contribution in [3.05, 3.63) is 117 Å². The van der Waals surface area contributed by atoms with E-state index in [0.29, 0.717) is 26.1 Å². The number of amides is 3. The molecule has 0 radical (unpaired) electrons. The van der Waals surface area contributed by atoms with Gasteiger partial charge in [0, 0.05) is 34.3 Å². The van der Waals surface area contributed by atoms with Crippen molar-refractivity contribution < 1.29 is 27.6 Å². The Morgan fingerprint density at radius 2 is 1.67 bits per heavy atom. The lowest BCUT2D eigenvalue weighted by Gasteiger charge is -2.30. The van der Waals surface area contributed by atoms with Crippen LogP contribution in [0.5, 0.6) is 0 Å². The average Bonchev–Trinajstić information content (AvgIpc) is 3.47. The smallest absolute Gasteiger partial charge is 0.324 e. The van der Waals surface area contributed by atoms with Crippen LogP contribution >= 0.6 is 23.1 Å². The van der Waals surface area contributed by atoms with Crippen molar-refractivity contribution in [3.8, 4) is 0 Å². The summed E-state index contributed by atoms with van der Waals surface area (Å²) < 4.78 is 43.1. The van der Waals surface area contributed by atoms with E-state index in [2.05, 4.69) is 10.3 Å². The van der Waals surface area contributed by atoms with Gasteiger partial charge >= 0.3 is 11.0 Å². The quantitative estimate of drug-likeness (QED) is 0.238. The zero-order chi connectivity index (χ0) is 31.5. The van der Waals surface area contributed by atoms with Gasteiger partial charge < -0.3 is 5.32 Å². The Morgan fingerprint density at radius 3 is 2.44 bits per heavy atom. The molecule has 1 fully saturated rings. The maximum absolute atomic E-state index is 14.0. The number of hydrogen-bond acceptors (Lipinski definition) is 7. The highest BCUT2D eigenvalue weighted by molar-refractivity contribution is 8.00. The van der Waals surface area contributed by atoms with E-state index < -0.39 is 57.1 Å². The number of alkyl halides is 3. The molecule has 0 bridgehead atoms. The average molecular weight is 647 g/mol. The van der Waals surface area contributed by atoms with Crippen LogP contribution in [0.3, 0.4) is 0 Å². The standard InChI is InChI=1S/C32H21F3N4O4S2/c33-32(34,35)20-11-3-4-13-22(20)39-28(41)25-24(18-9-6-14-36-15-18)27-30(44-26(25)29(39)42)38(31(43)45-27)16-23(40)37-21-12-5-8-17-7-1-2-10-19(17)21/h1-15,24-26H,16H2,(H,37,40)/t24-,25-,26+/m0/s1. The van der Waals surface area contributed by atoms with Gasteiger partial charge in [-0.25, -0.2) is 4.90 Å². The van der Waals surface area contributed by atoms with Gasteiger partial charge in [-0.3, -0.25) is 28.7 Å². The molecule has 0 spiro atoms. The van der Waals surface area contributed by atoms with Crippen LogP contribution in [0.4, 0.5) is 24.5 Å². The number of imide groups is 1. The summed E-state index contributed by atoms with van der Waals surface area (Å²) in [6.45, 7) is -0.374. The number of aromatic nitrogens is 2. The van der Waals surface area contributed by atoms with Gasteiger partial charge in [-0.2, -0.15) is 13.2 Å². The number of thiazole rings is 1. The minimum Gasteiger partial charge on any atom is -0.324 e. The topological polar surface area (TPSA) is 101 Å². The number of anilines is 2. The van der Waals surface area contributed by atoms with E-state index in [1.807, 2.05) is 30.3 Å². The molecule has 3 aromatic carbocycles. The number of fused-ring (bicyclic) bond motifs is 3. The van der Waals surface area contributed by atoms with Crippen LogP contribution < -0.4 is 15.1 Å². The SMILES string of the molecule is O=C(Cn1c2c(sc1=O)[C@@H](c1cccnc1)[C@@H]1C(=O)N(c3ccccc3C(F)(F)F)C(=O)[C@@H]1S2)Nc1cccc2ccccc12. The van der Waals surface area contributed by atoms with Crippen molar-refractivity contribution in [2.24, 2.45) is 5.92 Å². The predicted molar refractivity (Wildman–Crippen MR) is 164 cm³/mol. The first-order valence-electron chi connectivity index (χ1n) is 13.7. The van der Waals surface area contributed by atoms with E-state index >= 15 is 0 Å². The van der Waals surface area contributed by atoms with E-state index in [1.165, 1.54) is 29.1 Å². The highest BCUT2D eigenvalue weighted by Gasteiger charge is 2.57. The van der Waals surface area contributed by atoms with E-state index in [4.69, 9.17) is 0 Å². The molecule has 1 saturated heterocycles. The van der Waals surface area contributed by atoms with Crippen LogP contribution in [0.15, 0.2) is 101 Å². The lowest BCUT2D eigenvalue weighted by atomic mass is 9.84. The zero-order valence-electron chi connectivity index (χ0n) is 23.0. The summed E-state index contributed by atoms with van der Waals surface area (Å²) in [6.07, 6.45) is -1.77. The predicted octanol–water partition coefficient (Wildman–Crippen LogP) is 5.91. The van der Waals surface area contributed by atoms with Crippen LogP contribution in [-0.2, 0) is 27.1 Å². The summed E-state index contributed by atoms with van der Waals surface area (Å²) in [4.78, 5) is 59.3. The molecule has 7 rings (SSSR count). The minimum absolute atomic E-state index is 0.320. The van der Waals surface area contributed by atoms with Gasteiger partial charge in [0.15, 0.2) is 0 Å². The summed E-state index contributed by atoms with van der Waals surface area (Å²) in [5, 5.41) is 3.78. The number of hydrogen-bond donors (Lipinski definition) is 1. The number of carbonyl (C=O) groups is 3. The van der Waals surface area contributed by atoms with Crippen molar-refractivity contribution in [1.82, 2.24) is 9.55 Å². The molecule has 0 unspecified atom stereocenters. The largest absolute Gasteiger partial charge is 0.418 e. The van der Waals surface area contributed by atoms with Crippen LogP contribution in [0.25, 0.3) is 10.8 Å². The highest BCUT2D eigenvalue weighted by atomic mass is 32.2. The van der Waals surface area contributed by atoms with E-state index in [-0.39, 0.29) is 6.54 Å². The molecule has 2 aromatic heterocycles. The third-order valence-electron chi connectivity index (χ3n) is 7.91. The summed E-state index contributed by atoms with van der Waals surface area (Å²) in [6, 6.07) is 20.8. The molecule has 13 heteroatoms. The third-order valence-corrected chi connectivity index (χ3v) is 10.5. The maximum Gasteiger partial charge on any atom is 0.418 e. The Hall–Kier alpha value is -4.75. The molecule has 45 heavy (non-hydrogen) atoms. The Labute approximate surface area is 261 Å². The molecule has 3 atom stereocenters. The van der Waals surface area contributed by atoms with E-state index in [0.717, 1.165) is 46.0 Å². The molecular weight excluding hydrogens is 626 g/mol. The Bertz CT molecular complexity index is 2060. The van der Waals surface area contributed by atoms with Crippen LogP contribution in [-0.4, -0.2) is 32.5 Å². The first kappa shape index (κ1) is 29.0. The van der Waals surface area contributed by atoms with Gasteiger partial charge in [0.25, 0.3) is 0 Å². The van der Waals surface area contributed by atoms with Gasteiger partial charge in [0.1, 0.15) is 11.8 Å². The molecule has 1 N–H and O–H groups in total. The number of carbonyl (C=O) groups excluding carboxylic acids is 3. The summed E-state index contributed by atoms with van der Waals surface area (Å²) in [5.74, 6) is -4.05. The normalized spacial score (nSPS) is 19.4. The molecule has 226 valence electrons. The molecule has 0 saturated carbocycles. The second-order valence-corrected chi connectivity index (χ2v) is 12.7. The fourth-order valence-corrected chi connectivity index (χ4v) is 8.76. The number of thioether (sulfide) groups is 1. The first-order valence-corrected chi connectivity index (χ1v) is 15.4. The van der Waals surface area contributed by atoms with Crippen molar-refractivity contribution in [3.63, 3.8) is 0 Å². The number of nitrogens with one attached hydrogen (secondary N) is 1. The number of pyridine rings is 1. The summed E-state index contributed by atoms with van der Waals surface area (Å²) in [5.41, 5.74) is -0.568. The monoisotopic (exact) mass is 646 g/mol. The fourth-order valence-electron chi connectivity index (χ4n) is 5.99. The molecule has 8 nitrogen and oxygen atoms in total. The summed E-state index contributed by atoms with van der Waals surface area (Å²) >= 11 is 1.77. The Kier molecular flexibility index (Phi) is 7.09. The van der Waals surface area contributed by atoms with E-state index in [9.17, 15) is 32.3 Å². The second-order valence-electron chi connectivity index (χ2n) is 10.6. The molecular formula is C32H21F3N4O4S2. The van der Waals surface area contributed by atoms with E-state index in [1.54, 1.807) is 24.3 Å². The summed E-state index contributed by atoms with van der Waals surface area (Å²) in [7, 11) is 0. The van der Waals surface area contributed by atoms with Crippen LogP contribution in [0.1, 0.15) is 21.9 Å². The van der Waals surface area contributed by atoms with Gasteiger partial charge in [-0.05, 0) is 35.2 Å². The van der Waals surface area contributed by atoms with Crippen molar-refractivity contribution in [2.45, 2.75) is 28.9 Å². The number of benzene rings is 3.